The van der Waals surface area contributed by atoms with Crippen LogP contribution in [-0.4, -0.2) is 45.7 Å². The van der Waals surface area contributed by atoms with Gasteiger partial charge in [-0.05, 0) is 12.3 Å². The Bertz CT molecular complexity index is 550. The molecule has 1 aromatic rings. The van der Waals surface area contributed by atoms with Gasteiger partial charge in [0, 0.05) is 6.54 Å². The van der Waals surface area contributed by atoms with Crippen LogP contribution in [-0.2, 0) is 4.79 Å². The van der Waals surface area contributed by atoms with E-state index in [0.29, 0.717) is 13.0 Å². The van der Waals surface area contributed by atoms with Gasteiger partial charge in [0.25, 0.3) is 5.88 Å². The molecule has 9 nitrogen and oxygen atoms in total. The zero-order valence-electron chi connectivity index (χ0n) is 11.0. The number of carboxylic acid groups (broad SMARTS) is 1. The highest BCUT2D eigenvalue weighted by atomic mass is 16.6. The number of methoxy groups -OCH3 is 1. The lowest BCUT2D eigenvalue weighted by Crippen LogP contribution is -2.39. The van der Waals surface area contributed by atoms with Gasteiger partial charge in [0.1, 0.15) is 12.4 Å². The number of hydrogen-bond acceptors (Lipinski definition) is 7. The molecule has 2 unspecified atom stereocenters. The highest BCUT2D eigenvalue weighted by Crippen LogP contribution is 2.38. The highest BCUT2D eigenvalue weighted by Gasteiger charge is 2.41. The van der Waals surface area contributed by atoms with Crippen LogP contribution in [0.25, 0.3) is 0 Å². The number of carbonyl (C=O) groups is 1. The molecule has 0 radical (unpaired) electrons. The number of hydrogen-bond donors (Lipinski definition) is 1. The van der Waals surface area contributed by atoms with E-state index in [1.807, 2.05) is 0 Å². The molecule has 2 atom stereocenters. The number of nitro groups is 1. The van der Waals surface area contributed by atoms with Crippen LogP contribution in [0.1, 0.15) is 13.3 Å². The second-order valence-corrected chi connectivity index (χ2v) is 4.55. The first kappa shape index (κ1) is 14.0. The molecule has 0 saturated carbocycles. The Hall–Kier alpha value is -2.45. The summed E-state index contributed by atoms with van der Waals surface area (Å²) in [5.74, 6) is -1.34. The summed E-state index contributed by atoms with van der Waals surface area (Å²) in [6.07, 6.45) is 1.75. The Morgan fingerprint density at radius 2 is 2.30 bits per heavy atom. The van der Waals surface area contributed by atoms with Gasteiger partial charge in [0.05, 0.1) is 12.0 Å². The molecule has 1 aromatic heterocycles. The smallest absolute Gasteiger partial charge is 0.372 e. The molecule has 108 valence electrons. The van der Waals surface area contributed by atoms with Crippen LogP contribution in [0, 0.1) is 16.0 Å². The average molecular weight is 282 g/mol. The summed E-state index contributed by atoms with van der Waals surface area (Å²) < 4.78 is 4.86. The Morgan fingerprint density at radius 3 is 2.85 bits per heavy atom. The van der Waals surface area contributed by atoms with Crippen molar-refractivity contribution in [1.29, 1.82) is 0 Å². The normalized spacial score (nSPS) is 21.8. The molecule has 0 amide bonds. The van der Waals surface area contributed by atoms with Gasteiger partial charge >= 0.3 is 11.7 Å². The van der Waals surface area contributed by atoms with Crippen molar-refractivity contribution in [2.24, 2.45) is 5.92 Å². The van der Waals surface area contributed by atoms with Gasteiger partial charge in [-0.1, -0.05) is 6.92 Å². The van der Waals surface area contributed by atoms with E-state index < -0.39 is 22.6 Å². The number of rotatable bonds is 4. The summed E-state index contributed by atoms with van der Waals surface area (Å²) in [6.45, 7) is 2.18. The number of carboxylic acids is 1. The molecule has 1 N–H and O–H groups in total. The fourth-order valence-corrected chi connectivity index (χ4v) is 2.43. The summed E-state index contributed by atoms with van der Waals surface area (Å²) in [4.78, 5) is 30.9. The van der Waals surface area contributed by atoms with E-state index in [2.05, 4.69) is 9.97 Å². The van der Waals surface area contributed by atoms with Crippen LogP contribution >= 0.6 is 0 Å². The zero-order valence-corrected chi connectivity index (χ0v) is 11.0. The molecular weight excluding hydrogens is 268 g/mol. The summed E-state index contributed by atoms with van der Waals surface area (Å²) in [5.41, 5.74) is -0.407. The third-order valence-electron chi connectivity index (χ3n) is 3.37. The minimum absolute atomic E-state index is 0.0152. The van der Waals surface area contributed by atoms with Crippen LogP contribution in [0.15, 0.2) is 6.33 Å². The SMILES string of the molecule is COc1ncnc(N2CCC(C)C2C(=O)O)c1[N+](=O)[O-]. The van der Waals surface area contributed by atoms with E-state index in [9.17, 15) is 20.0 Å². The lowest BCUT2D eigenvalue weighted by atomic mass is 10.0. The maximum absolute atomic E-state index is 11.3. The molecule has 20 heavy (non-hydrogen) atoms. The summed E-state index contributed by atoms with van der Waals surface area (Å²) in [6, 6.07) is -0.840. The largest absolute Gasteiger partial charge is 0.480 e. The molecule has 1 aliphatic heterocycles. The zero-order chi connectivity index (χ0) is 14.9. The van der Waals surface area contributed by atoms with Crippen LogP contribution < -0.4 is 9.64 Å². The third-order valence-corrected chi connectivity index (χ3v) is 3.37. The third kappa shape index (κ3) is 2.22. The van der Waals surface area contributed by atoms with Crippen molar-refractivity contribution in [3.8, 4) is 5.88 Å². The standard InChI is InChI=1S/C11H14N4O5/c1-6-3-4-14(7(6)11(16)17)9-8(15(18)19)10(20-2)13-5-12-9/h5-7H,3-4H2,1-2H3,(H,16,17). The van der Waals surface area contributed by atoms with Crippen LogP contribution in [0.4, 0.5) is 11.5 Å². The molecule has 9 heteroatoms. The summed E-state index contributed by atoms with van der Waals surface area (Å²) in [5, 5.41) is 20.5. The van der Waals surface area contributed by atoms with Crippen LogP contribution in [0.3, 0.4) is 0 Å². The van der Waals surface area contributed by atoms with E-state index >= 15 is 0 Å². The predicted molar refractivity (Wildman–Crippen MR) is 67.8 cm³/mol. The van der Waals surface area contributed by atoms with Gasteiger partial charge in [-0.2, -0.15) is 4.98 Å². The number of anilines is 1. The number of aliphatic carboxylic acids is 1. The Morgan fingerprint density at radius 1 is 1.60 bits per heavy atom. The Balaban J connectivity index is 2.52. The maximum atomic E-state index is 11.3. The minimum atomic E-state index is -1.03. The molecule has 1 saturated heterocycles. The fraction of sp³-hybridized carbons (Fsp3) is 0.545. The molecule has 1 aliphatic rings. The predicted octanol–water partition coefficient (Wildman–Crippen LogP) is 0.693. The Labute approximate surface area is 114 Å². The monoisotopic (exact) mass is 282 g/mol. The Kier molecular flexibility index (Phi) is 3.68. The van der Waals surface area contributed by atoms with Crippen LogP contribution in [0.2, 0.25) is 0 Å². The van der Waals surface area contributed by atoms with E-state index in [0.717, 1.165) is 6.33 Å². The minimum Gasteiger partial charge on any atom is -0.480 e. The van der Waals surface area contributed by atoms with Crippen molar-refractivity contribution in [3.63, 3.8) is 0 Å². The molecule has 0 bridgehead atoms. The summed E-state index contributed by atoms with van der Waals surface area (Å²) >= 11 is 0. The number of nitrogens with zero attached hydrogens (tertiary/aromatic N) is 4. The quantitative estimate of drug-likeness (QED) is 0.633. The van der Waals surface area contributed by atoms with Gasteiger partial charge in [-0.3, -0.25) is 10.1 Å². The molecule has 0 aromatic carbocycles. The van der Waals surface area contributed by atoms with Crippen molar-refractivity contribution < 1.29 is 19.6 Å². The summed E-state index contributed by atoms with van der Waals surface area (Å²) in [7, 11) is 1.26. The topological polar surface area (TPSA) is 119 Å². The molecular formula is C11H14N4O5. The van der Waals surface area contributed by atoms with E-state index in [4.69, 9.17) is 4.74 Å². The first-order chi connectivity index (χ1) is 9.47. The van der Waals surface area contributed by atoms with Crippen molar-refractivity contribution in [3.05, 3.63) is 16.4 Å². The second-order valence-electron chi connectivity index (χ2n) is 4.55. The maximum Gasteiger partial charge on any atom is 0.372 e. The van der Waals surface area contributed by atoms with Crippen molar-refractivity contribution in [2.75, 3.05) is 18.6 Å². The van der Waals surface area contributed by atoms with Gasteiger partial charge in [-0.25, -0.2) is 9.78 Å². The van der Waals surface area contributed by atoms with E-state index in [1.165, 1.54) is 12.0 Å². The lowest BCUT2D eigenvalue weighted by Gasteiger charge is -2.23. The van der Waals surface area contributed by atoms with E-state index in [1.54, 1.807) is 6.92 Å². The fourth-order valence-electron chi connectivity index (χ4n) is 2.43. The molecule has 0 aliphatic carbocycles. The van der Waals surface area contributed by atoms with Gasteiger partial charge in [0.15, 0.2) is 0 Å². The molecule has 2 rings (SSSR count). The molecule has 2 heterocycles. The molecule has 1 fully saturated rings. The van der Waals surface area contributed by atoms with E-state index in [-0.39, 0.29) is 17.6 Å². The second kappa shape index (κ2) is 5.27. The average Bonchev–Trinajstić information content (AvgIpc) is 2.79. The van der Waals surface area contributed by atoms with Gasteiger partial charge in [-0.15, -0.1) is 0 Å². The lowest BCUT2D eigenvalue weighted by molar-refractivity contribution is -0.385. The number of ether oxygens (including phenoxy) is 1. The van der Waals surface area contributed by atoms with Crippen molar-refractivity contribution in [2.45, 2.75) is 19.4 Å². The highest BCUT2D eigenvalue weighted by molar-refractivity contribution is 5.80. The van der Waals surface area contributed by atoms with Gasteiger partial charge in [0.2, 0.25) is 5.82 Å². The number of aromatic nitrogens is 2. The van der Waals surface area contributed by atoms with Gasteiger partial charge < -0.3 is 14.7 Å². The van der Waals surface area contributed by atoms with Crippen LogP contribution in [0.5, 0.6) is 5.88 Å². The first-order valence-corrected chi connectivity index (χ1v) is 6.00. The van der Waals surface area contributed by atoms with Crippen molar-refractivity contribution in [1.82, 2.24) is 9.97 Å². The molecule has 0 spiro atoms. The van der Waals surface area contributed by atoms with Crippen molar-refractivity contribution >= 4 is 17.5 Å². The first-order valence-electron chi connectivity index (χ1n) is 6.00.